The molecule has 0 aromatic heterocycles. The van der Waals surface area contributed by atoms with Gasteiger partial charge in [0.25, 0.3) is 0 Å². The van der Waals surface area contributed by atoms with Crippen molar-refractivity contribution in [3.8, 4) is 0 Å². The van der Waals surface area contributed by atoms with Gasteiger partial charge in [-0.2, -0.15) is 0 Å². The summed E-state index contributed by atoms with van der Waals surface area (Å²) in [5.74, 6) is -2.51. The van der Waals surface area contributed by atoms with E-state index >= 15 is 0 Å². The van der Waals surface area contributed by atoms with Crippen LogP contribution in [0.3, 0.4) is 0 Å². The van der Waals surface area contributed by atoms with Crippen molar-refractivity contribution in [2.75, 3.05) is 19.6 Å². The van der Waals surface area contributed by atoms with E-state index < -0.39 is 29.9 Å². The highest BCUT2D eigenvalue weighted by atomic mass is 16.4. The van der Waals surface area contributed by atoms with Crippen LogP contribution >= 0.6 is 0 Å². The third kappa shape index (κ3) is 8.64. The van der Waals surface area contributed by atoms with Crippen LogP contribution in [0.25, 0.3) is 0 Å². The Bertz CT molecular complexity index is 767. The third-order valence-electron chi connectivity index (χ3n) is 5.30. The van der Waals surface area contributed by atoms with Gasteiger partial charge in [0.15, 0.2) is 0 Å². The number of rotatable bonds is 13. The van der Waals surface area contributed by atoms with Gasteiger partial charge in [-0.1, -0.05) is 30.3 Å². The zero-order valence-corrected chi connectivity index (χ0v) is 18.1. The van der Waals surface area contributed by atoms with Crippen LogP contribution in [-0.4, -0.2) is 66.6 Å². The fourth-order valence-corrected chi connectivity index (χ4v) is 3.53. The quantitative estimate of drug-likeness (QED) is 0.217. The van der Waals surface area contributed by atoms with Crippen molar-refractivity contribution < 1.29 is 24.3 Å². The van der Waals surface area contributed by atoms with E-state index in [2.05, 4.69) is 21.3 Å². The number of amides is 3. The predicted molar refractivity (Wildman–Crippen MR) is 119 cm³/mol. The van der Waals surface area contributed by atoms with E-state index in [1.807, 2.05) is 30.3 Å². The maximum Gasteiger partial charge on any atom is 0.326 e. The summed E-state index contributed by atoms with van der Waals surface area (Å²) in [5.41, 5.74) is 6.28. The molecule has 1 aliphatic rings. The summed E-state index contributed by atoms with van der Waals surface area (Å²) in [6.07, 6.45) is 3.35. The van der Waals surface area contributed by atoms with Crippen molar-refractivity contribution >= 4 is 23.7 Å². The van der Waals surface area contributed by atoms with E-state index in [-0.39, 0.29) is 31.3 Å². The van der Waals surface area contributed by atoms with Gasteiger partial charge in [0.05, 0.1) is 12.6 Å². The van der Waals surface area contributed by atoms with Gasteiger partial charge in [-0.3, -0.25) is 14.4 Å². The second kappa shape index (κ2) is 13.4. The van der Waals surface area contributed by atoms with Crippen molar-refractivity contribution in [1.29, 1.82) is 0 Å². The molecule has 3 unspecified atom stereocenters. The SMILES string of the molecule is NCCCCC(NC(=O)CNC(=O)C(Cc1ccccc1)NC(=O)C1CCCN1)C(=O)O. The number of nitrogens with one attached hydrogen (secondary N) is 4. The summed E-state index contributed by atoms with van der Waals surface area (Å²) in [6, 6.07) is 7.01. The minimum atomic E-state index is -1.14. The second-order valence-corrected chi connectivity index (χ2v) is 7.86. The molecule has 10 nitrogen and oxygen atoms in total. The highest BCUT2D eigenvalue weighted by Gasteiger charge is 2.28. The Balaban J connectivity index is 1.93. The van der Waals surface area contributed by atoms with Crippen molar-refractivity contribution in [2.45, 2.75) is 56.7 Å². The average Bonchev–Trinajstić information content (AvgIpc) is 3.32. The summed E-state index contributed by atoms with van der Waals surface area (Å²) in [5, 5.41) is 20.1. The van der Waals surface area contributed by atoms with Gasteiger partial charge in [0.1, 0.15) is 12.1 Å². The largest absolute Gasteiger partial charge is 0.480 e. The molecule has 1 aliphatic heterocycles. The maximum absolute atomic E-state index is 12.8. The lowest BCUT2D eigenvalue weighted by Crippen LogP contribution is -2.54. The zero-order valence-electron chi connectivity index (χ0n) is 18.1. The topological polar surface area (TPSA) is 163 Å². The van der Waals surface area contributed by atoms with Crippen molar-refractivity contribution in [3.63, 3.8) is 0 Å². The molecular weight excluding hydrogens is 414 g/mol. The molecule has 0 bridgehead atoms. The van der Waals surface area contributed by atoms with Gasteiger partial charge in [0.2, 0.25) is 17.7 Å². The molecule has 1 fully saturated rings. The molecule has 3 amide bonds. The molecule has 0 saturated carbocycles. The van der Waals surface area contributed by atoms with Crippen LogP contribution in [-0.2, 0) is 25.6 Å². The number of benzene rings is 1. The molecule has 2 rings (SSSR count). The first-order chi connectivity index (χ1) is 15.4. The molecular formula is C22H33N5O5. The minimum Gasteiger partial charge on any atom is -0.480 e. The minimum absolute atomic E-state index is 0.256. The van der Waals surface area contributed by atoms with Crippen LogP contribution in [0.15, 0.2) is 30.3 Å². The number of unbranched alkanes of at least 4 members (excludes halogenated alkanes) is 1. The standard InChI is InChI=1S/C22H33N5O5/c23-11-5-4-9-17(22(31)32)26-19(28)14-25-20(29)18(13-15-7-2-1-3-8-15)27-21(30)16-10-6-12-24-16/h1-3,7-8,16-18,24H,4-6,9-14,23H2,(H,25,29)(H,26,28)(H,27,30)(H,31,32). The van der Waals surface area contributed by atoms with Gasteiger partial charge >= 0.3 is 5.97 Å². The molecule has 10 heteroatoms. The van der Waals surface area contributed by atoms with Crippen molar-refractivity contribution in [2.24, 2.45) is 5.73 Å². The number of aliphatic carboxylic acids is 1. The lowest BCUT2D eigenvalue weighted by molar-refractivity contribution is -0.142. The monoisotopic (exact) mass is 447 g/mol. The third-order valence-corrected chi connectivity index (χ3v) is 5.30. The normalized spacial score (nSPS) is 17.2. The molecule has 1 heterocycles. The lowest BCUT2D eigenvalue weighted by atomic mass is 10.0. The number of carbonyl (C=O) groups is 4. The first-order valence-electron chi connectivity index (χ1n) is 11.0. The Hall–Kier alpha value is -2.98. The van der Waals surface area contributed by atoms with Crippen LogP contribution in [0.4, 0.5) is 0 Å². The maximum atomic E-state index is 12.8. The van der Waals surface area contributed by atoms with Crippen LogP contribution < -0.4 is 27.0 Å². The highest BCUT2D eigenvalue weighted by molar-refractivity contribution is 5.92. The second-order valence-electron chi connectivity index (χ2n) is 7.86. The molecule has 0 spiro atoms. The van der Waals surface area contributed by atoms with Crippen LogP contribution in [0.5, 0.6) is 0 Å². The van der Waals surface area contributed by atoms with E-state index in [1.165, 1.54) is 0 Å². The smallest absolute Gasteiger partial charge is 0.326 e. The molecule has 0 radical (unpaired) electrons. The zero-order chi connectivity index (χ0) is 23.3. The fraction of sp³-hybridized carbons (Fsp3) is 0.545. The number of hydrogen-bond donors (Lipinski definition) is 6. The Morgan fingerprint density at radius 2 is 1.84 bits per heavy atom. The molecule has 1 aromatic rings. The van der Waals surface area contributed by atoms with Gasteiger partial charge < -0.3 is 32.1 Å². The number of carbonyl (C=O) groups excluding carboxylic acids is 3. The van der Waals surface area contributed by atoms with E-state index in [9.17, 15) is 24.3 Å². The van der Waals surface area contributed by atoms with Gasteiger partial charge in [0, 0.05) is 6.42 Å². The van der Waals surface area contributed by atoms with Gasteiger partial charge in [-0.05, 0) is 50.8 Å². The van der Waals surface area contributed by atoms with Crippen molar-refractivity contribution in [1.82, 2.24) is 21.3 Å². The molecule has 7 N–H and O–H groups in total. The van der Waals surface area contributed by atoms with Crippen molar-refractivity contribution in [3.05, 3.63) is 35.9 Å². The summed E-state index contributed by atoms with van der Waals surface area (Å²) in [6.45, 7) is 0.813. The Labute approximate surface area is 187 Å². The van der Waals surface area contributed by atoms with E-state index in [4.69, 9.17) is 5.73 Å². The summed E-state index contributed by atoms with van der Waals surface area (Å²) in [4.78, 5) is 48.8. The van der Waals surface area contributed by atoms with E-state index in [1.54, 1.807) is 0 Å². The molecule has 1 aromatic carbocycles. The van der Waals surface area contributed by atoms with Gasteiger partial charge in [-0.15, -0.1) is 0 Å². The molecule has 3 atom stereocenters. The highest BCUT2D eigenvalue weighted by Crippen LogP contribution is 2.08. The molecule has 1 saturated heterocycles. The van der Waals surface area contributed by atoms with Crippen LogP contribution in [0.2, 0.25) is 0 Å². The number of carboxylic acid groups (broad SMARTS) is 1. The first kappa shape index (κ1) is 25.3. The summed E-state index contributed by atoms with van der Waals surface area (Å²) >= 11 is 0. The number of carboxylic acids is 1. The summed E-state index contributed by atoms with van der Waals surface area (Å²) < 4.78 is 0. The van der Waals surface area contributed by atoms with Gasteiger partial charge in [-0.25, -0.2) is 4.79 Å². The fourth-order valence-electron chi connectivity index (χ4n) is 3.53. The van der Waals surface area contributed by atoms with E-state index in [0.29, 0.717) is 25.8 Å². The first-order valence-corrected chi connectivity index (χ1v) is 11.0. The Morgan fingerprint density at radius 1 is 1.09 bits per heavy atom. The summed E-state index contributed by atoms with van der Waals surface area (Å²) in [7, 11) is 0. The van der Waals surface area contributed by atoms with E-state index in [0.717, 1.165) is 18.5 Å². The molecule has 0 aliphatic carbocycles. The number of nitrogens with two attached hydrogens (primary N) is 1. The van der Waals surface area contributed by atoms with Crippen LogP contribution in [0, 0.1) is 0 Å². The Morgan fingerprint density at radius 3 is 2.47 bits per heavy atom. The lowest BCUT2D eigenvalue weighted by Gasteiger charge is -2.21. The average molecular weight is 448 g/mol. The Kier molecular flexibility index (Phi) is 10.6. The number of hydrogen-bond acceptors (Lipinski definition) is 6. The van der Waals surface area contributed by atoms with Crippen LogP contribution in [0.1, 0.15) is 37.7 Å². The molecule has 32 heavy (non-hydrogen) atoms. The molecule has 176 valence electrons. The predicted octanol–water partition coefficient (Wildman–Crippen LogP) is -0.719.